The van der Waals surface area contributed by atoms with Gasteiger partial charge in [-0.05, 0) is 41.5 Å². The smallest absolute Gasteiger partial charge is 0.243 e. The first-order valence-corrected chi connectivity index (χ1v) is 11.1. The monoisotopic (exact) mass is 473 g/mol. The summed E-state index contributed by atoms with van der Waals surface area (Å²) in [6.07, 6.45) is 3.30. The zero-order valence-electron chi connectivity index (χ0n) is 15.5. The van der Waals surface area contributed by atoms with Crippen LogP contribution in [0, 0.1) is 0 Å². The molecule has 6 nitrogen and oxygen atoms in total. The van der Waals surface area contributed by atoms with Crippen molar-refractivity contribution in [3.8, 4) is 0 Å². The van der Waals surface area contributed by atoms with Crippen LogP contribution in [-0.2, 0) is 27.9 Å². The fraction of sp³-hybridized carbons (Fsp3) is 0.143. The van der Waals surface area contributed by atoms with Gasteiger partial charge in [-0.2, -0.15) is 4.31 Å². The van der Waals surface area contributed by atoms with E-state index in [-0.39, 0.29) is 30.4 Å². The lowest BCUT2D eigenvalue weighted by molar-refractivity contribution is -0.121. The van der Waals surface area contributed by atoms with Crippen LogP contribution in [0.25, 0.3) is 0 Å². The Balaban J connectivity index is 1.78. The molecule has 1 aromatic heterocycles. The van der Waals surface area contributed by atoms with Crippen molar-refractivity contribution in [1.82, 2.24) is 14.6 Å². The Morgan fingerprint density at radius 3 is 2.31 bits per heavy atom. The summed E-state index contributed by atoms with van der Waals surface area (Å²) in [5.74, 6) is -0.384. The minimum atomic E-state index is -3.85. The van der Waals surface area contributed by atoms with Crippen LogP contribution in [0.2, 0.25) is 0 Å². The first-order valence-electron chi connectivity index (χ1n) is 8.90. The average molecular weight is 474 g/mol. The number of carbonyl (C=O) groups is 1. The molecular formula is C21H20BrN3O3S. The highest BCUT2D eigenvalue weighted by Crippen LogP contribution is 2.20. The maximum absolute atomic E-state index is 13.2. The molecule has 0 saturated carbocycles. The molecule has 1 N–H and O–H groups in total. The van der Waals surface area contributed by atoms with Crippen LogP contribution in [0.1, 0.15) is 11.1 Å². The predicted octanol–water partition coefficient (Wildman–Crippen LogP) is 3.35. The molecule has 1 heterocycles. The molecule has 150 valence electrons. The largest absolute Gasteiger partial charge is 0.351 e. The minimum absolute atomic E-state index is 0.0968. The van der Waals surface area contributed by atoms with Gasteiger partial charge in [0.1, 0.15) is 0 Å². The van der Waals surface area contributed by atoms with Crippen molar-refractivity contribution in [2.24, 2.45) is 0 Å². The number of carbonyl (C=O) groups excluding carboxylic acids is 1. The van der Waals surface area contributed by atoms with Gasteiger partial charge in [-0.1, -0.05) is 52.3 Å². The van der Waals surface area contributed by atoms with E-state index in [1.54, 1.807) is 30.6 Å². The lowest BCUT2D eigenvalue weighted by Crippen LogP contribution is -2.40. The number of hydrogen-bond donors (Lipinski definition) is 1. The highest BCUT2D eigenvalue weighted by molar-refractivity contribution is 9.10. The van der Waals surface area contributed by atoms with E-state index in [0.29, 0.717) is 0 Å². The summed E-state index contributed by atoms with van der Waals surface area (Å²) < 4.78 is 28.3. The van der Waals surface area contributed by atoms with E-state index in [4.69, 9.17) is 0 Å². The second kappa shape index (κ2) is 9.78. The number of rotatable bonds is 8. The van der Waals surface area contributed by atoms with Crippen LogP contribution < -0.4 is 5.32 Å². The van der Waals surface area contributed by atoms with E-state index < -0.39 is 10.0 Å². The summed E-state index contributed by atoms with van der Waals surface area (Å²) in [6, 6.07) is 19.2. The third kappa shape index (κ3) is 5.96. The Bertz CT molecular complexity index is 1040. The Hall–Kier alpha value is -2.55. The summed E-state index contributed by atoms with van der Waals surface area (Å²) in [4.78, 5) is 16.6. The van der Waals surface area contributed by atoms with Crippen LogP contribution in [0.5, 0.6) is 0 Å². The summed E-state index contributed by atoms with van der Waals surface area (Å²) >= 11 is 3.31. The Morgan fingerprint density at radius 1 is 0.966 bits per heavy atom. The quantitative estimate of drug-likeness (QED) is 0.543. The second-order valence-electron chi connectivity index (χ2n) is 6.35. The fourth-order valence-electron chi connectivity index (χ4n) is 2.69. The molecule has 0 unspecified atom stereocenters. The molecule has 0 aliphatic carbocycles. The lowest BCUT2D eigenvalue weighted by atomic mass is 10.2. The third-order valence-corrected chi connectivity index (χ3v) is 6.52. The van der Waals surface area contributed by atoms with E-state index in [1.807, 2.05) is 36.4 Å². The highest BCUT2D eigenvalue weighted by Gasteiger charge is 2.26. The molecule has 0 spiro atoms. The molecule has 0 aliphatic heterocycles. The molecule has 0 atom stereocenters. The van der Waals surface area contributed by atoms with Crippen molar-refractivity contribution < 1.29 is 13.2 Å². The van der Waals surface area contributed by atoms with Gasteiger partial charge in [0.25, 0.3) is 0 Å². The van der Waals surface area contributed by atoms with Gasteiger partial charge in [-0.3, -0.25) is 9.78 Å². The average Bonchev–Trinajstić information content (AvgIpc) is 2.73. The van der Waals surface area contributed by atoms with Crippen molar-refractivity contribution in [3.63, 3.8) is 0 Å². The maximum atomic E-state index is 13.2. The van der Waals surface area contributed by atoms with Gasteiger partial charge in [-0.25, -0.2) is 8.42 Å². The number of hydrogen-bond acceptors (Lipinski definition) is 4. The van der Waals surface area contributed by atoms with Crippen molar-refractivity contribution in [2.45, 2.75) is 18.0 Å². The minimum Gasteiger partial charge on any atom is -0.351 e. The van der Waals surface area contributed by atoms with Gasteiger partial charge in [0.05, 0.1) is 11.4 Å². The Morgan fingerprint density at radius 2 is 1.66 bits per heavy atom. The van der Waals surface area contributed by atoms with Gasteiger partial charge in [0.2, 0.25) is 15.9 Å². The van der Waals surface area contributed by atoms with Crippen LogP contribution in [0.4, 0.5) is 0 Å². The zero-order valence-corrected chi connectivity index (χ0v) is 17.9. The van der Waals surface area contributed by atoms with E-state index in [1.165, 1.54) is 16.4 Å². The van der Waals surface area contributed by atoms with Crippen molar-refractivity contribution >= 4 is 31.9 Å². The Labute approximate surface area is 178 Å². The molecule has 0 bridgehead atoms. The Kier molecular flexibility index (Phi) is 7.13. The van der Waals surface area contributed by atoms with Crippen LogP contribution in [-0.4, -0.2) is 30.2 Å². The first-order chi connectivity index (χ1) is 13.9. The van der Waals surface area contributed by atoms with E-state index in [9.17, 15) is 13.2 Å². The van der Waals surface area contributed by atoms with E-state index >= 15 is 0 Å². The molecule has 3 aromatic rings. The van der Waals surface area contributed by atoms with Gasteiger partial charge in [0.15, 0.2) is 0 Å². The molecule has 1 amide bonds. The zero-order chi connectivity index (χ0) is 20.7. The van der Waals surface area contributed by atoms with Crippen molar-refractivity contribution in [3.05, 3.63) is 94.7 Å². The number of amides is 1. The summed E-state index contributed by atoms with van der Waals surface area (Å²) in [7, 11) is -3.85. The predicted molar refractivity (Wildman–Crippen MR) is 114 cm³/mol. The molecule has 0 fully saturated rings. The molecular weight excluding hydrogens is 454 g/mol. The third-order valence-electron chi connectivity index (χ3n) is 4.19. The summed E-state index contributed by atoms with van der Waals surface area (Å²) in [5.41, 5.74) is 1.64. The van der Waals surface area contributed by atoms with Crippen molar-refractivity contribution in [1.29, 1.82) is 0 Å². The number of sulfonamides is 1. The number of benzene rings is 2. The van der Waals surface area contributed by atoms with Crippen molar-refractivity contribution in [2.75, 3.05) is 6.54 Å². The highest BCUT2D eigenvalue weighted by atomic mass is 79.9. The molecule has 2 aromatic carbocycles. The van der Waals surface area contributed by atoms with Crippen LogP contribution >= 0.6 is 15.9 Å². The standard InChI is InChI=1S/C21H20BrN3O3S/c22-19-8-10-20(11-9-19)29(27,28)25(15-17-5-2-1-3-6-17)16-21(26)24-14-18-7-4-12-23-13-18/h1-13H,14-16H2,(H,24,26). The topological polar surface area (TPSA) is 79.4 Å². The molecule has 0 aliphatic rings. The van der Waals surface area contributed by atoms with Crippen LogP contribution in [0.3, 0.4) is 0 Å². The number of nitrogens with one attached hydrogen (secondary N) is 1. The van der Waals surface area contributed by atoms with E-state index in [0.717, 1.165) is 15.6 Å². The lowest BCUT2D eigenvalue weighted by Gasteiger charge is -2.22. The van der Waals surface area contributed by atoms with E-state index in [2.05, 4.69) is 26.2 Å². The maximum Gasteiger partial charge on any atom is 0.243 e. The molecule has 0 radical (unpaired) electrons. The van der Waals surface area contributed by atoms with Crippen LogP contribution in [0.15, 0.2) is 88.5 Å². The van der Waals surface area contributed by atoms with Gasteiger partial charge in [0, 0.05) is 30.0 Å². The number of nitrogens with zero attached hydrogens (tertiary/aromatic N) is 2. The SMILES string of the molecule is O=C(CN(Cc1ccccc1)S(=O)(=O)c1ccc(Br)cc1)NCc1cccnc1. The molecule has 8 heteroatoms. The number of halogens is 1. The first kappa shape index (κ1) is 21.2. The number of pyridine rings is 1. The number of aromatic nitrogens is 1. The molecule has 0 saturated heterocycles. The molecule has 3 rings (SSSR count). The molecule has 29 heavy (non-hydrogen) atoms. The summed E-state index contributed by atoms with van der Waals surface area (Å²) in [6.45, 7) is 0.0945. The summed E-state index contributed by atoms with van der Waals surface area (Å²) in [5, 5.41) is 2.76. The normalized spacial score (nSPS) is 11.4. The second-order valence-corrected chi connectivity index (χ2v) is 9.20. The fourth-order valence-corrected chi connectivity index (χ4v) is 4.34. The van der Waals surface area contributed by atoms with Gasteiger partial charge < -0.3 is 5.32 Å². The van der Waals surface area contributed by atoms with Gasteiger partial charge >= 0.3 is 0 Å². The van der Waals surface area contributed by atoms with Gasteiger partial charge in [-0.15, -0.1) is 0 Å².